The molecule has 1 aliphatic rings. The largest absolute Gasteiger partial charge is 0.212 e. The minimum Gasteiger partial charge on any atom is -0.201 e. The first kappa shape index (κ1) is 17.0. The Morgan fingerprint density at radius 2 is 1.62 bits per heavy atom. The van der Waals surface area contributed by atoms with Gasteiger partial charge < -0.3 is 0 Å². The predicted octanol–water partition coefficient (Wildman–Crippen LogP) is 5.92. The van der Waals surface area contributed by atoms with Gasteiger partial charge in [0, 0.05) is 17.5 Å². The van der Waals surface area contributed by atoms with E-state index >= 15 is 0 Å². The first-order valence-electron chi connectivity index (χ1n) is 9.57. The Labute approximate surface area is 157 Å². The maximum Gasteiger partial charge on any atom is 0.212 e. The van der Waals surface area contributed by atoms with Gasteiger partial charge in [-0.3, -0.25) is 0 Å². The van der Waals surface area contributed by atoms with Crippen molar-refractivity contribution in [3.05, 3.63) is 77.0 Å². The van der Waals surface area contributed by atoms with Gasteiger partial charge >= 0.3 is 0 Å². The minimum absolute atomic E-state index is 0.00434. The molecule has 0 aliphatic heterocycles. The lowest BCUT2D eigenvalue weighted by atomic mass is 9.76. The molecule has 0 fully saturated rings. The first-order chi connectivity index (χ1) is 12.3. The van der Waals surface area contributed by atoms with Crippen LogP contribution in [0.4, 0.5) is 0 Å². The molecule has 0 saturated heterocycles. The van der Waals surface area contributed by atoms with Gasteiger partial charge in [0.15, 0.2) is 6.20 Å². The van der Waals surface area contributed by atoms with Crippen molar-refractivity contribution in [3.8, 4) is 22.4 Å². The molecule has 1 heteroatoms. The Kier molecular flexibility index (Phi) is 3.80. The van der Waals surface area contributed by atoms with Crippen LogP contribution >= 0.6 is 0 Å². The van der Waals surface area contributed by atoms with Crippen molar-refractivity contribution in [2.24, 2.45) is 7.05 Å². The van der Waals surface area contributed by atoms with Crippen molar-refractivity contribution in [2.45, 2.75) is 46.0 Å². The average molecular weight is 343 g/mol. The molecule has 0 amide bonds. The Hall–Kier alpha value is -2.41. The fourth-order valence-corrected chi connectivity index (χ4v) is 4.76. The second kappa shape index (κ2) is 5.81. The van der Waals surface area contributed by atoms with E-state index in [1.165, 1.54) is 44.6 Å². The second-order valence-electron chi connectivity index (χ2n) is 8.41. The van der Waals surface area contributed by atoms with Gasteiger partial charge in [-0.15, -0.1) is 0 Å². The monoisotopic (exact) mass is 342 g/mol. The van der Waals surface area contributed by atoms with E-state index < -0.39 is 0 Å². The third-order valence-corrected chi connectivity index (χ3v) is 6.08. The van der Waals surface area contributed by atoms with Crippen LogP contribution < -0.4 is 4.57 Å². The molecule has 0 atom stereocenters. The molecule has 132 valence electrons. The molecule has 0 bridgehead atoms. The standard InChI is InChI=1S/C25H28N/c1-16(2)19-15-20-18-11-7-8-12-21(18)25(4,5)24(20)23(17(19)3)22-13-9-10-14-26(22)6/h7-16H,1-6H3/q+1. The molecule has 0 unspecified atom stereocenters. The summed E-state index contributed by atoms with van der Waals surface area (Å²) < 4.78 is 2.26. The van der Waals surface area contributed by atoms with Crippen LogP contribution in [-0.4, -0.2) is 0 Å². The molecule has 26 heavy (non-hydrogen) atoms. The summed E-state index contributed by atoms with van der Waals surface area (Å²) in [4.78, 5) is 0. The number of fused-ring (bicyclic) bond motifs is 3. The van der Waals surface area contributed by atoms with E-state index in [1.807, 2.05) is 0 Å². The molecule has 1 aliphatic carbocycles. The SMILES string of the molecule is Cc1c(C(C)C)cc2c(c1-c1cccc[n+]1C)C(C)(C)c1ccccc1-2. The predicted molar refractivity (Wildman–Crippen MR) is 109 cm³/mol. The highest BCUT2D eigenvalue weighted by Crippen LogP contribution is 2.53. The van der Waals surface area contributed by atoms with Gasteiger partial charge in [0.05, 0.1) is 5.56 Å². The zero-order valence-electron chi connectivity index (χ0n) is 16.7. The highest BCUT2D eigenvalue weighted by atomic mass is 14.9. The number of rotatable bonds is 2. The van der Waals surface area contributed by atoms with Crippen LogP contribution in [0.1, 0.15) is 55.9 Å². The zero-order chi connectivity index (χ0) is 18.6. The van der Waals surface area contributed by atoms with Gasteiger partial charge in [-0.2, -0.15) is 0 Å². The normalized spacial score (nSPS) is 14.4. The molecule has 4 rings (SSSR count). The van der Waals surface area contributed by atoms with E-state index in [1.54, 1.807) is 0 Å². The number of hydrogen-bond donors (Lipinski definition) is 0. The van der Waals surface area contributed by atoms with Crippen molar-refractivity contribution in [2.75, 3.05) is 0 Å². The lowest BCUT2D eigenvalue weighted by Gasteiger charge is -2.26. The average Bonchev–Trinajstić information content (AvgIpc) is 2.83. The van der Waals surface area contributed by atoms with Gasteiger partial charge in [-0.25, -0.2) is 4.57 Å². The van der Waals surface area contributed by atoms with Gasteiger partial charge in [0.1, 0.15) is 7.05 Å². The molecular weight excluding hydrogens is 314 g/mol. The summed E-state index contributed by atoms with van der Waals surface area (Å²) in [6, 6.07) is 17.9. The Balaban J connectivity index is 2.18. The fourth-order valence-electron chi connectivity index (χ4n) is 4.76. The summed E-state index contributed by atoms with van der Waals surface area (Å²) >= 11 is 0. The van der Waals surface area contributed by atoms with Gasteiger partial charge in [-0.05, 0) is 52.3 Å². The molecular formula is C25H28N+. The van der Waals surface area contributed by atoms with E-state index in [0.29, 0.717) is 5.92 Å². The first-order valence-corrected chi connectivity index (χ1v) is 9.57. The highest BCUT2D eigenvalue weighted by molar-refractivity contribution is 5.89. The van der Waals surface area contributed by atoms with Crippen LogP contribution in [0.2, 0.25) is 0 Å². The maximum absolute atomic E-state index is 2.45. The summed E-state index contributed by atoms with van der Waals surface area (Å²) in [5.74, 6) is 0.504. The smallest absolute Gasteiger partial charge is 0.201 e. The van der Waals surface area contributed by atoms with Crippen LogP contribution in [0.3, 0.4) is 0 Å². The number of pyridine rings is 1. The minimum atomic E-state index is 0.00434. The molecule has 1 aromatic heterocycles. The van der Waals surface area contributed by atoms with Crippen molar-refractivity contribution in [1.82, 2.24) is 0 Å². The van der Waals surface area contributed by atoms with Crippen LogP contribution in [0.25, 0.3) is 22.4 Å². The van der Waals surface area contributed by atoms with Crippen molar-refractivity contribution < 1.29 is 4.57 Å². The van der Waals surface area contributed by atoms with Crippen molar-refractivity contribution >= 4 is 0 Å². The molecule has 0 saturated carbocycles. The van der Waals surface area contributed by atoms with Crippen molar-refractivity contribution in [1.29, 1.82) is 0 Å². The van der Waals surface area contributed by atoms with E-state index in [-0.39, 0.29) is 5.41 Å². The van der Waals surface area contributed by atoms with E-state index in [9.17, 15) is 0 Å². The third kappa shape index (κ3) is 2.26. The van der Waals surface area contributed by atoms with Crippen LogP contribution in [-0.2, 0) is 12.5 Å². The van der Waals surface area contributed by atoms with E-state index in [0.717, 1.165) is 0 Å². The molecule has 0 N–H and O–H groups in total. The van der Waals surface area contributed by atoms with Crippen LogP contribution in [0.15, 0.2) is 54.7 Å². The summed E-state index contributed by atoms with van der Waals surface area (Å²) in [5, 5.41) is 0. The molecule has 0 radical (unpaired) electrons. The Morgan fingerprint density at radius 1 is 0.923 bits per heavy atom. The van der Waals surface area contributed by atoms with Gasteiger partial charge in [0.25, 0.3) is 0 Å². The molecule has 3 aromatic rings. The zero-order valence-corrected chi connectivity index (χ0v) is 16.7. The van der Waals surface area contributed by atoms with Crippen LogP contribution in [0, 0.1) is 6.92 Å². The summed E-state index contributed by atoms with van der Waals surface area (Å²) in [7, 11) is 2.15. The maximum atomic E-state index is 2.45. The van der Waals surface area contributed by atoms with E-state index in [4.69, 9.17) is 0 Å². The fraction of sp³-hybridized carbons (Fsp3) is 0.320. The molecule has 1 nitrogen and oxygen atoms in total. The summed E-state index contributed by atoms with van der Waals surface area (Å²) in [6.07, 6.45) is 2.15. The van der Waals surface area contributed by atoms with Crippen molar-refractivity contribution in [3.63, 3.8) is 0 Å². The number of nitrogens with zero attached hydrogens (tertiary/aromatic N) is 1. The number of aryl methyl sites for hydroxylation is 1. The topological polar surface area (TPSA) is 3.88 Å². The Morgan fingerprint density at radius 3 is 2.31 bits per heavy atom. The lowest BCUT2D eigenvalue weighted by Crippen LogP contribution is -2.31. The number of aromatic nitrogens is 1. The van der Waals surface area contributed by atoms with Crippen LogP contribution in [0.5, 0.6) is 0 Å². The second-order valence-corrected chi connectivity index (χ2v) is 8.41. The summed E-state index contributed by atoms with van der Waals surface area (Å²) in [5.41, 5.74) is 11.3. The third-order valence-electron chi connectivity index (χ3n) is 6.08. The number of hydrogen-bond acceptors (Lipinski definition) is 0. The van der Waals surface area contributed by atoms with Gasteiger partial charge in [-0.1, -0.05) is 58.0 Å². The quantitative estimate of drug-likeness (QED) is 0.509. The summed E-state index contributed by atoms with van der Waals surface area (Å²) in [6.45, 7) is 11.7. The Bertz CT molecular complexity index is 1010. The molecule has 0 spiro atoms. The number of benzene rings is 2. The highest BCUT2D eigenvalue weighted by Gasteiger charge is 2.40. The van der Waals surface area contributed by atoms with E-state index in [2.05, 4.69) is 101 Å². The lowest BCUT2D eigenvalue weighted by molar-refractivity contribution is -0.660. The van der Waals surface area contributed by atoms with Gasteiger partial charge in [0.2, 0.25) is 5.69 Å². The molecule has 1 heterocycles. The molecule has 2 aromatic carbocycles.